The van der Waals surface area contributed by atoms with Crippen molar-refractivity contribution >= 4 is 0 Å². The van der Waals surface area contributed by atoms with E-state index in [9.17, 15) is 13.2 Å². The van der Waals surface area contributed by atoms with E-state index in [0.717, 1.165) is 12.1 Å². The van der Waals surface area contributed by atoms with Gasteiger partial charge in [-0.15, -0.1) is 0 Å². The molecule has 4 heteroatoms. The molecule has 1 aromatic rings. The van der Waals surface area contributed by atoms with E-state index in [2.05, 4.69) is 0 Å². The van der Waals surface area contributed by atoms with E-state index >= 15 is 0 Å². The molecule has 0 aromatic heterocycles. The summed E-state index contributed by atoms with van der Waals surface area (Å²) in [5.74, 6) is 0. The molecule has 16 heavy (non-hydrogen) atoms. The molecule has 0 radical (unpaired) electrons. The first-order valence-corrected chi connectivity index (χ1v) is 4.78. The molecule has 0 heterocycles. The zero-order valence-electron chi connectivity index (χ0n) is 9.31. The average Bonchev–Trinajstić information content (AvgIpc) is 2.14. The van der Waals surface area contributed by atoms with E-state index in [-0.39, 0.29) is 11.0 Å². The number of hydrogen-bond donors (Lipinski definition) is 0. The van der Waals surface area contributed by atoms with E-state index in [1.54, 1.807) is 0 Å². The molecule has 0 amide bonds. The largest absolute Gasteiger partial charge is 0.416 e. The minimum atomic E-state index is -4.40. The molecule has 0 saturated heterocycles. The fourth-order valence-corrected chi connectivity index (χ4v) is 1.47. The van der Waals surface area contributed by atoms with Crippen molar-refractivity contribution < 1.29 is 13.2 Å². The summed E-state index contributed by atoms with van der Waals surface area (Å²) in [5, 5.41) is 8.85. The summed E-state index contributed by atoms with van der Waals surface area (Å²) in [5.41, 5.74) is -0.405. The molecular weight excluding hydrogens is 215 g/mol. The minimum Gasteiger partial charge on any atom is -0.192 e. The van der Waals surface area contributed by atoms with Gasteiger partial charge >= 0.3 is 6.18 Å². The normalized spacial score (nSPS) is 12.3. The molecular formula is C12H12F3N. The predicted octanol–water partition coefficient (Wildman–Crippen LogP) is 3.87. The summed E-state index contributed by atoms with van der Waals surface area (Å²) in [6.07, 6.45) is -4.40. The molecule has 0 aliphatic rings. The van der Waals surface area contributed by atoms with Crippen LogP contribution in [0.3, 0.4) is 0 Å². The highest BCUT2D eigenvalue weighted by atomic mass is 19.4. The van der Waals surface area contributed by atoms with Gasteiger partial charge in [0.05, 0.1) is 17.2 Å². The summed E-state index contributed by atoms with van der Waals surface area (Å²) >= 11 is 0. The Morgan fingerprint density at radius 2 is 1.69 bits per heavy atom. The Balaban J connectivity index is 3.36. The van der Waals surface area contributed by atoms with Gasteiger partial charge < -0.3 is 0 Å². The Kier molecular flexibility index (Phi) is 3.00. The van der Waals surface area contributed by atoms with Gasteiger partial charge in [0.2, 0.25) is 0 Å². The van der Waals surface area contributed by atoms with Crippen molar-refractivity contribution in [2.45, 2.75) is 32.4 Å². The van der Waals surface area contributed by atoms with Crippen molar-refractivity contribution in [3.8, 4) is 6.07 Å². The monoisotopic (exact) mass is 227 g/mol. The van der Waals surface area contributed by atoms with Crippen LogP contribution in [-0.4, -0.2) is 0 Å². The third-order valence-corrected chi connectivity index (χ3v) is 2.28. The summed E-state index contributed by atoms with van der Waals surface area (Å²) < 4.78 is 37.3. The van der Waals surface area contributed by atoms with Crippen molar-refractivity contribution in [1.82, 2.24) is 0 Å². The van der Waals surface area contributed by atoms with Crippen molar-refractivity contribution in [3.63, 3.8) is 0 Å². The van der Waals surface area contributed by atoms with Gasteiger partial charge in [-0.25, -0.2) is 0 Å². The van der Waals surface area contributed by atoms with E-state index < -0.39 is 11.7 Å². The molecule has 0 bridgehead atoms. The number of hydrogen-bond acceptors (Lipinski definition) is 1. The summed E-state index contributed by atoms with van der Waals surface area (Å²) in [6, 6.07) is 5.11. The first-order chi connectivity index (χ1) is 7.16. The predicted molar refractivity (Wildman–Crippen MR) is 54.9 cm³/mol. The highest BCUT2D eigenvalue weighted by Crippen LogP contribution is 2.33. The molecule has 1 nitrogen and oxygen atoms in total. The fraction of sp³-hybridized carbons (Fsp3) is 0.417. The topological polar surface area (TPSA) is 23.8 Å². The molecule has 86 valence electrons. The van der Waals surface area contributed by atoms with E-state index in [1.807, 2.05) is 26.8 Å². The lowest BCUT2D eigenvalue weighted by molar-refractivity contribution is -0.137. The SMILES string of the molecule is CC(C)(C)c1ccc(C(F)(F)F)cc1C#N. The lowest BCUT2D eigenvalue weighted by Crippen LogP contribution is -2.15. The Hall–Kier alpha value is -1.50. The lowest BCUT2D eigenvalue weighted by atomic mass is 9.83. The van der Waals surface area contributed by atoms with E-state index in [1.165, 1.54) is 6.07 Å². The molecule has 1 rings (SSSR count). The molecule has 0 N–H and O–H groups in total. The second-order valence-corrected chi connectivity index (χ2v) is 4.62. The summed E-state index contributed by atoms with van der Waals surface area (Å²) in [4.78, 5) is 0. The molecule has 0 saturated carbocycles. The minimum absolute atomic E-state index is 0.0855. The smallest absolute Gasteiger partial charge is 0.192 e. The van der Waals surface area contributed by atoms with Crippen LogP contribution in [0.5, 0.6) is 0 Å². The van der Waals surface area contributed by atoms with Gasteiger partial charge in [0.1, 0.15) is 0 Å². The standard InChI is InChI=1S/C12H12F3N/c1-11(2,3)10-5-4-9(12(13,14)15)6-8(10)7-16/h4-6H,1-3H3. The number of nitrogens with zero attached hydrogens (tertiary/aromatic N) is 1. The Labute approximate surface area is 92.5 Å². The highest BCUT2D eigenvalue weighted by molar-refractivity contribution is 5.44. The number of alkyl halides is 3. The van der Waals surface area contributed by atoms with Crippen LogP contribution < -0.4 is 0 Å². The van der Waals surface area contributed by atoms with Crippen LogP contribution in [0.4, 0.5) is 13.2 Å². The highest BCUT2D eigenvalue weighted by Gasteiger charge is 2.32. The van der Waals surface area contributed by atoms with Crippen molar-refractivity contribution in [3.05, 3.63) is 34.9 Å². The van der Waals surface area contributed by atoms with Gasteiger partial charge in [-0.1, -0.05) is 26.8 Å². The Bertz CT molecular complexity index is 433. The van der Waals surface area contributed by atoms with Crippen LogP contribution >= 0.6 is 0 Å². The van der Waals surface area contributed by atoms with Gasteiger partial charge in [0.15, 0.2) is 0 Å². The summed E-state index contributed by atoms with van der Waals surface area (Å²) in [6.45, 7) is 5.57. The van der Waals surface area contributed by atoms with E-state index in [0.29, 0.717) is 5.56 Å². The number of benzene rings is 1. The molecule has 0 atom stereocenters. The van der Waals surface area contributed by atoms with Gasteiger partial charge in [-0.3, -0.25) is 0 Å². The Morgan fingerprint density at radius 1 is 1.12 bits per heavy atom. The van der Waals surface area contributed by atoms with Crippen LogP contribution in [-0.2, 0) is 11.6 Å². The fourth-order valence-electron chi connectivity index (χ4n) is 1.47. The molecule has 0 fully saturated rings. The Morgan fingerprint density at radius 3 is 2.06 bits per heavy atom. The zero-order chi connectivity index (χ0) is 12.6. The lowest BCUT2D eigenvalue weighted by Gasteiger charge is -2.21. The van der Waals surface area contributed by atoms with Crippen LogP contribution in [0.25, 0.3) is 0 Å². The first kappa shape index (κ1) is 12.6. The number of nitriles is 1. The third-order valence-electron chi connectivity index (χ3n) is 2.28. The maximum absolute atomic E-state index is 12.4. The molecule has 1 aromatic carbocycles. The van der Waals surface area contributed by atoms with Crippen LogP contribution in [0, 0.1) is 11.3 Å². The first-order valence-electron chi connectivity index (χ1n) is 4.78. The maximum atomic E-state index is 12.4. The second kappa shape index (κ2) is 3.82. The van der Waals surface area contributed by atoms with Gasteiger partial charge in [-0.05, 0) is 23.1 Å². The van der Waals surface area contributed by atoms with Crippen LogP contribution in [0.2, 0.25) is 0 Å². The third kappa shape index (κ3) is 2.54. The molecule has 0 unspecified atom stereocenters. The number of rotatable bonds is 0. The maximum Gasteiger partial charge on any atom is 0.416 e. The quantitative estimate of drug-likeness (QED) is 0.659. The molecule has 0 aliphatic heterocycles. The van der Waals surface area contributed by atoms with Crippen molar-refractivity contribution in [2.75, 3.05) is 0 Å². The average molecular weight is 227 g/mol. The number of halogens is 3. The van der Waals surface area contributed by atoms with Crippen LogP contribution in [0.1, 0.15) is 37.5 Å². The van der Waals surface area contributed by atoms with Gasteiger partial charge in [0, 0.05) is 0 Å². The summed E-state index contributed by atoms with van der Waals surface area (Å²) in [7, 11) is 0. The zero-order valence-corrected chi connectivity index (χ0v) is 9.31. The van der Waals surface area contributed by atoms with Gasteiger partial charge in [0.25, 0.3) is 0 Å². The van der Waals surface area contributed by atoms with Crippen molar-refractivity contribution in [1.29, 1.82) is 5.26 Å². The van der Waals surface area contributed by atoms with Crippen LogP contribution in [0.15, 0.2) is 18.2 Å². The van der Waals surface area contributed by atoms with Gasteiger partial charge in [-0.2, -0.15) is 18.4 Å². The van der Waals surface area contributed by atoms with E-state index in [4.69, 9.17) is 5.26 Å². The molecule has 0 spiro atoms. The van der Waals surface area contributed by atoms with Crippen molar-refractivity contribution in [2.24, 2.45) is 0 Å². The second-order valence-electron chi connectivity index (χ2n) is 4.62. The molecule has 0 aliphatic carbocycles.